The minimum absolute atomic E-state index is 0.153. The third-order valence-corrected chi connectivity index (χ3v) is 1.73. The molecule has 13 heavy (non-hydrogen) atoms. The zero-order chi connectivity index (χ0) is 10.3. The van der Waals surface area contributed by atoms with Gasteiger partial charge in [-0.15, -0.1) is 0 Å². The first kappa shape index (κ1) is 12.8. The van der Waals surface area contributed by atoms with Crippen molar-refractivity contribution in [2.45, 2.75) is 38.6 Å². The molecule has 0 aromatic rings. The highest BCUT2D eigenvalue weighted by Crippen LogP contribution is 2.09. The molecular formula is C9H20O4. The van der Waals surface area contributed by atoms with E-state index < -0.39 is 5.79 Å². The molecule has 0 spiro atoms. The van der Waals surface area contributed by atoms with Crippen molar-refractivity contribution in [1.82, 2.24) is 0 Å². The molecular weight excluding hydrogens is 172 g/mol. The van der Waals surface area contributed by atoms with Gasteiger partial charge in [-0.3, -0.25) is 0 Å². The Kier molecular flexibility index (Phi) is 6.24. The van der Waals surface area contributed by atoms with Gasteiger partial charge < -0.3 is 19.7 Å². The van der Waals surface area contributed by atoms with Crippen LogP contribution < -0.4 is 0 Å². The first-order valence-corrected chi connectivity index (χ1v) is 4.49. The summed E-state index contributed by atoms with van der Waals surface area (Å²) in [5, 5.41) is 17.0. The Bertz CT molecular complexity index is 113. The van der Waals surface area contributed by atoms with E-state index in [1.165, 1.54) is 7.11 Å². The van der Waals surface area contributed by atoms with Crippen molar-refractivity contribution in [1.29, 1.82) is 0 Å². The maximum absolute atomic E-state index is 8.60. The molecule has 2 N–H and O–H groups in total. The minimum atomic E-state index is -0.958. The van der Waals surface area contributed by atoms with Crippen LogP contribution in [0.5, 0.6) is 0 Å². The molecule has 4 nitrogen and oxygen atoms in total. The van der Waals surface area contributed by atoms with Crippen LogP contribution in [-0.2, 0) is 9.47 Å². The Morgan fingerprint density at radius 2 is 2.08 bits per heavy atom. The molecule has 0 aliphatic carbocycles. The lowest BCUT2D eigenvalue weighted by atomic mass is 10.2. The van der Waals surface area contributed by atoms with Gasteiger partial charge in [0.1, 0.15) is 0 Å². The molecule has 0 amide bonds. The molecule has 1 unspecified atom stereocenters. The smallest absolute Gasteiger partial charge is 0.159 e. The molecule has 1 fully saturated rings. The number of hydrogen-bond acceptors (Lipinski definition) is 4. The fourth-order valence-corrected chi connectivity index (χ4v) is 0.788. The lowest BCUT2D eigenvalue weighted by molar-refractivity contribution is -0.155. The number of hydrogen-bond donors (Lipinski definition) is 2. The molecule has 1 aliphatic rings. The van der Waals surface area contributed by atoms with Crippen molar-refractivity contribution < 1.29 is 19.7 Å². The second-order valence-electron chi connectivity index (χ2n) is 3.47. The normalized spacial score (nSPS) is 22.4. The van der Waals surface area contributed by atoms with Crippen molar-refractivity contribution in [3.8, 4) is 0 Å². The largest absolute Gasteiger partial charge is 0.394 e. The zero-order valence-corrected chi connectivity index (χ0v) is 8.62. The predicted molar refractivity (Wildman–Crippen MR) is 49.4 cm³/mol. The lowest BCUT2D eigenvalue weighted by Gasteiger charge is -2.12. The average molecular weight is 192 g/mol. The van der Waals surface area contributed by atoms with Gasteiger partial charge in [0.05, 0.1) is 12.7 Å². The Hall–Kier alpha value is -0.160. The quantitative estimate of drug-likeness (QED) is 0.626. The Morgan fingerprint density at radius 1 is 1.54 bits per heavy atom. The van der Waals surface area contributed by atoms with E-state index in [2.05, 4.69) is 4.74 Å². The van der Waals surface area contributed by atoms with Gasteiger partial charge in [-0.05, 0) is 26.7 Å². The van der Waals surface area contributed by atoms with Gasteiger partial charge in [-0.1, -0.05) is 0 Å². The Balaban J connectivity index is 0.000000226. The SMILES string of the molecule is COC(C)(C)O.OCC1CCCO1. The highest BCUT2D eigenvalue weighted by molar-refractivity contribution is 4.61. The molecule has 1 atom stereocenters. The maximum Gasteiger partial charge on any atom is 0.159 e. The average Bonchev–Trinajstić information content (AvgIpc) is 2.56. The van der Waals surface area contributed by atoms with Gasteiger partial charge in [0.2, 0.25) is 0 Å². The molecule has 0 aromatic carbocycles. The summed E-state index contributed by atoms with van der Waals surface area (Å²) >= 11 is 0. The number of aliphatic hydroxyl groups is 2. The van der Waals surface area contributed by atoms with Crippen molar-refractivity contribution in [2.75, 3.05) is 20.3 Å². The molecule has 4 heteroatoms. The summed E-state index contributed by atoms with van der Waals surface area (Å²) in [6, 6.07) is 0. The van der Waals surface area contributed by atoms with Gasteiger partial charge in [0, 0.05) is 13.7 Å². The summed E-state index contributed by atoms with van der Waals surface area (Å²) in [6.07, 6.45) is 2.31. The molecule has 1 heterocycles. The second-order valence-corrected chi connectivity index (χ2v) is 3.47. The molecule has 1 aliphatic heterocycles. The van der Waals surface area contributed by atoms with Crippen LogP contribution in [0.2, 0.25) is 0 Å². The van der Waals surface area contributed by atoms with E-state index in [4.69, 9.17) is 14.9 Å². The van der Waals surface area contributed by atoms with Crippen LogP contribution in [0.15, 0.2) is 0 Å². The third kappa shape index (κ3) is 8.18. The van der Waals surface area contributed by atoms with E-state index in [1.54, 1.807) is 13.8 Å². The van der Waals surface area contributed by atoms with Crippen LogP contribution in [0.4, 0.5) is 0 Å². The fourth-order valence-electron chi connectivity index (χ4n) is 0.788. The number of aliphatic hydroxyl groups excluding tert-OH is 1. The minimum Gasteiger partial charge on any atom is -0.394 e. The van der Waals surface area contributed by atoms with Crippen molar-refractivity contribution in [3.05, 3.63) is 0 Å². The van der Waals surface area contributed by atoms with Crippen LogP contribution in [0.1, 0.15) is 26.7 Å². The van der Waals surface area contributed by atoms with Crippen molar-refractivity contribution >= 4 is 0 Å². The van der Waals surface area contributed by atoms with Crippen LogP contribution in [-0.4, -0.2) is 42.4 Å². The standard InChI is InChI=1S/C5H10O2.C4H10O2/c6-4-5-2-1-3-7-5;1-4(2,5)6-3/h5-6H,1-4H2;5H,1-3H3. The first-order valence-electron chi connectivity index (χ1n) is 4.49. The molecule has 0 bridgehead atoms. The number of ether oxygens (including phenoxy) is 2. The van der Waals surface area contributed by atoms with Gasteiger partial charge >= 0.3 is 0 Å². The summed E-state index contributed by atoms with van der Waals surface area (Å²) in [7, 11) is 1.46. The first-order chi connectivity index (χ1) is 5.99. The summed E-state index contributed by atoms with van der Waals surface area (Å²) in [5.41, 5.74) is 0. The van der Waals surface area contributed by atoms with E-state index in [1.807, 2.05) is 0 Å². The summed E-state index contributed by atoms with van der Waals surface area (Å²) in [6.45, 7) is 4.19. The van der Waals surface area contributed by atoms with Gasteiger partial charge in [-0.25, -0.2) is 0 Å². The van der Waals surface area contributed by atoms with Gasteiger partial charge in [0.15, 0.2) is 5.79 Å². The Morgan fingerprint density at radius 3 is 2.23 bits per heavy atom. The highest BCUT2D eigenvalue weighted by Gasteiger charge is 2.12. The molecule has 0 aromatic heterocycles. The molecule has 0 radical (unpaired) electrons. The van der Waals surface area contributed by atoms with E-state index >= 15 is 0 Å². The maximum atomic E-state index is 8.60. The number of methoxy groups -OCH3 is 1. The monoisotopic (exact) mass is 192 g/mol. The highest BCUT2D eigenvalue weighted by atomic mass is 16.6. The molecule has 80 valence electrons. The second kappa shape index (κ2) is 6.32. The van der Waals surface area contributed by atoms with Gasteiger partial charge in [-0.2, -0.15) is 0 Å². The third-order valence-electron chi connectivity index (χ3n) is 1.73. The summed E-state index contributed by atoms with van der Waals surface area (Å²) in [4.78, 5) is 0. The van der Waals surface area contributed by atoms with Crippen molar-refractivity contribution in [3.63, 3.8) is 0 Å². The van der Waals surface area contributed by atoms with Crippen LogP contribution >= 0.6 is 0 Å². The van der Waals surface area contributed by atoms with Crippen LogP contribution in [0.25, 0.3) is 0 Å². The summed E-state index contributed by atoms with van der Waals surface area (Å²) < 4.78 is 9.55. The fraction of sp³-hybridized carbons (Fsp3) is 1.00. The lowest BCUT2D eigenvalue weighted by Crippen LogP contribution is -2.20. The summed E-state index contributed by atoms with van der Waals surface area (Å²) in [5.74, 6) is -0.958. The van der Waals surface area contributed by atoms with E-state index in [-0.39, 0.29) is 12.7 Å². The zero-order valence-electron chi connectivity index (χ0n) is 8.62. The number of rotatable bonds is 2. The van der Waals surface area contributed by atoms with E-state index in [0.717, 1.165) is 19.4 Å². The van der Waals surface area contributed by atoms with E-state index in [9.17, 15) is 0 Å². The van der Waals surface area contributed by atoms with Crippen molar-refractivity contribution in [2.24, 2.45) is 0 Å². The van der Waals surface area contributed by atoms with Crippen LogP contribution in [0, 0.1) is 0 Å². The molecule has 1 saturated heterocycles. The van der Waals surface area contributed by atoms with E-state index in [0.29, 0.717) is 0 Å². The Labute approximate surface area is 79.5 Å². The molecule has 0 saturated carbocycles. The van der Waals surface area contributed by atoms with Crippen LogP contribution in [0.3, 0.4) is 0 Å². The van der Waals surface area contributed by atoms with Gasteiger partial charge in [0.25, 0.3) is 0 Å². The predicted octanol–water partition coefficient (Wildman–Crippen LogP) is 0.519. The molecule has 1 rings (SSSR count). The topological polar surface area (TPSA) is 58.9 Å².